The van der Waals surface area contributed by atoms with Gasteiger partial charge in [0.25, 0.3) is 0 Å². The van der Waals surface area contributed by atoms with Gasteiger partial charge in [0.15, 0.2) is 0 Å². The zero-order valence-electron chi connectivity index (χ0n) is 10.5. The molecule has 0 heterocycles. The van der Waals surface area contributed by atoms with Crippen LogP contribution in [0.3, 0.4) is 0 Å². The van der Waals surface area contributed by atoms with Gasteiger partial charge in [-0.3, -0.25) is 0 Å². The minimum Gasteiger partial charge on any atom is -0.465 e. The van der Waals surface area contributed by atoms with E-state index in [2.05, 4.69) is 4.74 Å². The van der Waals surface area contributed by atoms with Crippen LogP contribution in [0.15, 0.2) is 36.4 Å². The number of ether oxygens (including phenoxy) is 1. The average molecular weight is 292 g/mol. The molecule has 7 heteroatoms. The molecule has 2 nitrogen and oxygen atoms in total. The molecule has 0 unspecified atom stereocenters. The van der Waals surface area contributed by atoms with Crippen LogP contribution in [0.2, 0.25) is 0 Å². The van der Waals surface area contributed by atoms with E-state index >= 15 is 0 Å². The minimum absolute atomic E-state index is 0. The van der Waals surface area contributed by atoms with Crippen LogP contribution < -0.4 is 56.8 Å². The standard InChI is InChI=1S/C12H9BF3O2.K/c1-18-12(17)10-3-2-9-7-11(13(14,15)16)5-4-8(9)6-10;/h2-7H,1H3;/q-1;+1. The molecule has 2 aromatic carbocycles. The predicted molar refractivity (Wildman–Crippen MR) is 64.0 cm³/mol. The maximum atomic E-state index is 12.6. The Balaban J connectivity index is 0.00000180. The molecule has 0 amide bonds. The number of esters is 1. The fourth-order valence-corrected chi connectivity index (χ4v) is 1.71. The Bertz CT molecular complexity index is 613. The van der Waals surface area contributed by atoms with Crippen molar-refractivity contribution in [1.82, 2.24) is 0 Å². The van der Waals surface area contributed by atoms with Crippen molar-refractivity contribution < 1.29 is 73.9 Å². The van der Waals surface area contributed by atoms with Crippen molar-refractivity contribution in [2.45, 2.75) is 0 Å². The SMILES string of the molecule is COC(=O)c1ccc2cc([B-](F)(F)F)ccc2c1.[K+]. The molecule has 0 radical (unpaired) electrons. The van der Waals surface area contributed by atoms with Gasteiger partial charge in [-0.2, -0.15) is 0 Å². The van der Waals surface area contributed by atoms with Gasteiger partial charge >= 0.3 is 64.3 Å². The number of carbonyl (C=O) groups is 1. The molecule has 19 heavy (non-hydrogen) atoms. The predicted octanol–water partition coefficient (Wildman–Crippen LogP) is -0.315. The van der Waals surface area contributed by atoms with E-state index in [1.165, 1.54) is 31.4 Å². The van der Waals surface area contributed by atoms with E-state index in [4.69, 9.17) is 0 Å². The molecule has 0 N–H and O–H groups in total. The Morgan fingerprint density at radius 3 is 2.21 bits per heavy atom. The van der Waals surface area contributed by atoms with Crippen LogP contribution in [-0.4, -0.2) is 20.1 Å². The molecule has 2 aromatic rings. The van der Waals surface area contributed by atoms with Gasteiger partial charge in [0, 0.05) is 0 Å². The molecule has 0 fully saturated rings. The van der Waals surface area contributed by atoms with Crippen molar-refractivity contribution in [3.05, 3.63) is 42.0 Å². The van der Waals surface area contributed by atoms with E-state index in [9.17, 15) is 17.7 Å². The zero-order chi connectivity index (χ0) is 13.3. The fourth-order valence-electron chi connectivity index (χ4n) is 1.71. The minimum atomic E-state index is -5.00. The Hall–Kier alpha value is -0.339. The summed E-state index contributed by atoms with van der Waals surface area (Å²) in [6.07, 6.45) is 0. The van der Waals surface area contributed by atoms with Crippen LogP contribution in [0.4, 0.5) is 12.9 Å². The maximum Gasteiger partial charge on any atom is 1.00 e. The number of carbonyl (C=O) groups excluding carboxylic acids is 1. The third-order valence-corrected chi connectivity index (χ3v) is 2.66. The number of fused-ring (bicyclic) bond motifs is 1. The number of hydrogen-bond donors (Lipinski definition) is 0. The first-order chi connectivity index (χ1) is 8.41. The van der Waals surface area contributed by atoms with Crippen LogP contribution in [0.25, 0.3) is 10.8 Å². The van der Waals surface area contributed by atoms with Gasteiger partial charge in [0.1, 0.15) is 0 Å². The van der Waals surface area contributed by atoms with Crippen molar-refractivity contribution >= 4 is 29.2 Å². The largest absolute Gasteiger partial charge is 1.00 e. The topological polar surface area (TPSA) is 26.3 Å². The smallest absolute Gasteiger partial charge is 0.465 e. The first-order valence-electron chi connectivity index (χ1n) is 5.24. The van der Waals surface area contributed by atoms with Crippen molar-refractivity contribution in [3.63, 3.8) is 0 Å². The molecule has 0 bridgehead atoms. The summed E-state index contributed by atoms with van der Waals surface area (Å²) in [5, 5.41) is 1.01. The summed E-state index contributed by atoms with van der Waals surface area (Å²) < 4.78 is 42.2. The molecule has 0 spiro atoms. The summed E-state index contributed by atoms with van der Waals surface area (Å²) >= 11 is 0. The van der Waals surface area contributed by atoms with Crippen LogP contribution in [0.1, 0.15) is 10.4 Å². The number of halogens is 3. The Kier molecular flexibility index (Phi) is 5.64. The first kappa shape index (κ1) is 16.7. The molecule has 0 aromatic heterocycles. The van der Waals surface area contributed by atoms with Crippen molar-refractivity contribution in [2.24, 2.45) is 0 Å². The number of hydrogen-bond acceptors (Lipinski definition) is 2. The zero-order valence-corrected chi connectivity index (χ0v) is 13.6. The Labute approximate surface area is 150 Å². The van der Waals surface area contributed by atoms with Crippen LogP contribution >= 0.6 is 0 Å². The monoisotopic (exact) mass is 292 g/mol. The van der Waals surface area contributed by atoms with Crippen LogP contribution in [0, 0.1) is 0 Å². The van der Waals surface area contributed by atoms with Gasteiger partial charge < -0.3 is 17.7 Å². The molecular weight excluding hydrogens is 283 g/mol. The molecule has 94 valence electrons. The van der Waals surface area contributed by atoms with Gasteiger partial charge in [0.2, 0.25) is 0 Å². The molecule has 0 aliphatic heterocycles. The van der Waals surface area contributed by atoms with Crippen molar-refractivity contribution in [3.8, 4) is 0 Å². The Morgan fingerprint density at radius 2 is 1.63 bits per heavy atom. The van der Waals surface area contributed by atoms with E-state index in [0.717, 1.165) is 12.1 Å². The summed E-state index contributed by atoms with van der Waals surface area (Å²) in [5.74, 6) is -0.513. The number of methoxy groups -OCH3 is 1. The van der Waals surface area contributed by atoms with Gasteiger partial charge in [0.05, 0.1) is 12.7 Å². The molecule has 2 rings (SSSR count). The van der Waals surface area contributed by atoms with Crippen LogP contribution in [0.5, 0.6) is 0 Å². The fraction of sp³-hybridized carbons (Fsp3) is 0.0833. The quantitative estimate of drug-likeness (QED) is 0.560. The normalized spacial score (nSPS) is 10.9. The third kappa shape index (κ3) is 3.82. The summed E-state index contributed by atoms with van der Waals surface area (Å²) in [5.41, 5.74) is -0.330. The average Bonchev–Trinajstić information content (AvgIpc) is 2.35. The van der Waals surface area contributed by atoms with Gasteiger partial charge in [-0.05, 0) is 22.9 Å². The van der Waals surface area contributed by atoms with E-state index in [0.29, 0.717) is 16.3 Å². The van der Waals surface area contributed by atoms with Gasteiger partial charge in [-0.15, -0.1) is 5.46 Å². The molecule has 0 saturated carbocycles. The van der Waals surface area contributed by atoms with E-state index in [1.807, 2.05) is 0 Å². The second-order valence-electron chi connectivity index (χ2n) is 3.89. The van der Waals surface area contributed by atoms with Crippen molar-refractivity contribution in [2.75, 3.05) is 7.11 Å². The van der Waals surface area contributed by atoms with Crippen LogP contribution in [-0.2, 0) is 4.74 Å². The molecule has 0 saturated heterocycles. The van der Waals surface area contributed by atoms with E-state index in [-0.39, 0.29) is 51.4 Å². The first-order valence-corrected chi connectivity index (χ1v) is 5.24. The van der Waals surface area contributed by atoms with Gasteiger partial charge in [-0.1, -0.05) is 24.3 Å². The third-order valence-electron chi connectivity index (χ3n) is 2.66. The molecule has 0 aliphatic rings. The molecule has 0 aliphatic carbocycles. The molecule has 0 atom stereocenters. The number of rotatable bonds is 2. The summed E-state index contributed by atoms with van der Waals surface area (Å²) in [7, 11) is 1.25. The second kappa shape index (κ2) is 6.41. The Morgan fingerprint density at radius 1 is 1.05 bits per heavy atom. The van der Waals surface area contributed by atoms with Crippen molar-refractivity contribution in [1.29, 1.82) is 0 Å². The summed E-state index contributed by atoms with van der Waals surface area (Å²) in [4.78, 5) is 11.3. The summed E-state index contributed by atoms with van der Waals surface area (Å²) in [6, 6.07) is 7.88. The second-order valence-corrected chi connectivity index (χ2v) is 3.89. The maximum absolute atomic E-state index is 12.6. The molecular formula is C12H9BF3KO2. The summed E-state index contributed by atoms with van der Waals surface area (Å²) in [6.45, 7) is -5.00. The van der Waals surface area contributed by atoms with E-state index < -0.39 is 18.4 Å². The number of benzene rings is 2. The van der Waals surface area contributed by atoms with E-state index in [1.54, 1.807) is 0 Å². The van der Waals surface area contributed by atoms with Gasteiger partial charge in [-0.25, -0.2) is 4.79 Å².